The lowest BCUT2D eigenvalue weighted by molar-refractivity contribution is 0.0906. The van der Waals surface area contributed by atoms with Gasteiger partial charge in [0.1, 0.15) is 5.16 Å². The second-order valence-electron chi connectivity index (χ2n) is 5.07. The SMILES string of the molecule is CCOP(=O)(OCC)C1(C)C(=O)c2ccccc2SC1C. The molecule has 0 bridgehead atoms. The number of Topliss-reactive ketones (excluding diaryl/α,β-unsaturated/α-hetero) is 1. The van der Waals surface area contributed by atoms with Gasteiger partial charge in [-0.3, -0.25) is 9.36 Å². The zero-order valence-corrected chi connectivity index (χ0v) is 14.5. The number of thioether (sulfide) groups is 1. The quantitative estimate of drug-likeness (QED) is 0.750. The molecule has 0 N–H and O–H groups in total. The Morgan fingerprint density at radius 3 is 2.38 bits per heavy atom. The smallest absolute Gasteiger partial charge is 0.308 e. The predicted molar refractivity (Wildman–Crippen MR) is 85.4 cm³/mol. The summed E-state index contributed by atoms with van der Waals surface area (Å²) in [7, 11) is -3.54. The Hall–Kier alpha value is -0.610. The van der Waals surface area contributed by atoms with E-state index in [9.17, 15) is 9.36 Å². The van der Waals surface area contributed by atoms with Crippen LogP contribution in [0.2, 0.25) is 0 Å². The molecular weight excluding hydrogens is 307 g/mol. The topological polar surface area (TPSA) is 52.6 Å². The predicted octanol–water partition coefficient (Wildman–Crippen LogP) is 4.39. The van der Waals surface area contributed by atoms with E-state index in [-0.39, 0.29) is 24.2 Å². The summed E-state index contributed by atoms with van der Waals surface area (Å²) in [4.78, 5) is 13.9. The summed E-state index contributed by atoms with van der Waals surface area (Å²) in [5.74, 6) is -0.158. The standard InChI is InChI=1S/C15H21O4PS/c1-5-18-20(17,19-6-2)15(4)11(3)21-13-10-8-7-9-12(13)14(15)16/h7-11H,5-6H2,1-4H3. The molecule has 2 atom stereocenters. The fourth-order valence-corrected chi connectivity index (χ4v) is 6.32. The summed E-state index contributed by atoms with van der Waals surface area (Å²) in [6.45, 7) is 7.62. The van der Waals surface area contributed by atoms with Crippen molar-refractivity contribution in [1.82, 2.24) is 0 Å². The molecule has 0 radical (unpaired) electrons. The Morgan fingerprint density at radius 2 is 1.81 bits per heavy atom. The molecule has 0 spiro atoms. The van der Waals surface area contributed by atoms with Gasteiger partial charge in [-0.2, -0.15) is 0 Å². The number of hydrogen-bond acceptors (Lipinski definition) is 5. The largest absolute Gasteiger partial charge is 0.345 e. The first kappa shape index (κ1) is 16.8. The van der Waals surface area contributed by atoms with Gasteiger partial charge in [0, 0.05) is 15.7 Å². The fraction of sp³-hybridized carbons (Fsp3) is 0.533. The van der Waals surface area contributed by atoms with E-state index < -0.39 is 12.8 Å². The van der Waals surface area contributed by atoms with Crippen LogP contribution in [0, 0.1) is 0 Å². The van der Waals surface area contributed by atoms with Crippen LogP contribution < -0.4 is 0 Å². The maximum absolute atomic E-state index is 13.2. The van der Waals surface area contributed by atoms with Crippen LogP contribution in [-0.2, 0) is 13.6 Å². The van der Waals surface area contributed by atoms with Crippen LogP contribution in [0.15, 0.2) is 29.2 Å². The maximum atomic E-state index is 13.2. The Kier molecular flexibility index (Phi) is 4.99. The van der Waals surface area contributed by atoms with Crippen molar-refractivity contribution in [3.63, 3.8) is 0 Å². The van der Waals surface area contributed by atoms with Crippen molar-refractivity contribution in [3.8, 4) is 0 Å². The zero-order chi connectivity index (χ0) is 15.7. The van der Waals surface area contributed by atoms with Crippen LogP contribution in [0.3, 0.4) is 0 Å². The third-order valence-corrected chi connectivity index (χ3v) is 8.39. The minimum absolute atomic E-state index is 0.158. The normalized spacial score (nSPS) is 25.7. The molecule has 1 heterocycles. The molecule has 6 heteroatoms. The molecule has 1 aromatic carbocycles. The average Bonchev–Trinajstić information content (AvgIpc) is 2.45. The second-order valence-corrected chi connectivity index (χ2v) is 8.89. The molecule has 0 fully saturated rings. The van der Waals surface area contributed by atoms with Gasteiger partial charge in [0.2, 0.25) is 0 Å². The van der Waals surface area contributed by atoms with Crippen molar-refractivity contribution in [3.05, 3.63) is 29.8 Å². The summed E-state index contributed by atoms with van der Waals surface area (Å²) < 4.78 is 24.2. The molecule has 4 nitrogen and oxygen atoms in total. The minimum atomic E-state index is -3.54. The molecule has 21 heavy (non-hydrogen) atoms. The highest BCUT2D eigenvalue weighted by molar-refractivity contribution is 8.00. The highest BCUT2D eigenvalue weighted by Crippen LogP contribution is 2.66. The summed E-state index contributed by atoms with van der Waals surface area (Å²) >= 11 is 1.55. The van der Waals surface area contributed by atoms with Gasteiger partial charge in [-0.05, 0) is 26.8 Å². The van der Waals surface area contributed by atoms with Crippen molar-refractivity contribution in [2.24, 2.45) is 0 Å². The van der Waals surface area contributed by atoms with Crippen LogP contribution in [0.1, 0.15) is 38.1 Å². The summed E-state index contributed by atoms with van der Waals surface area (Å²) in [6.07, 6.45) is 0. The minimum Gasteiger partial charge on any atom is -0.308 e. The van der Waals surface area contributed by atoms with Crippen molar-refractivity contribution in [2.75, 3.05) is 13.2 Å². The van der Waals surface area contributed by atoms with Crippen molar-refractivity contribution in [2.45, 2.75) is 43.0 Å². The molecule has 0 aromatic heterocycles. The van der Waals surface area contributed by atoms with Crippen LogP contribution in [0.5, 0.6) is 0 Å². The first-order valence-electron chi connectivity index (χ1n) is 7.10. The lowest BCUT2D eigenvalue weighted by Gasteiger charge is -2.41. The van der Waals surface area contributed by atoms with Crippen molar-refractivity contribution >= 4 is 25.1 Å². The maximum Gasteiger partial charge on any atom is 0.345 e. The van der Waals surface area contributed by atoms with E-state index in [1.165, 1.54) is 0 Å². The summed E-state index contributed by atoms with van der Waals surface area (Å²) in [5, 5.41) is -1.36. The molecule has 0 aliphatic carbocycles. The molecular formula is C15H21O4PS. The van der Waals surface area contributed by atoms with E-state index in [0.29, 0.717) is 5.56 Å². The Bertz CT molecular complexity index is 579. The number of rotatable bonds is 5. The fourth-order valence-electron chi connectivity index (χ4n) is 2.51. The Balaban J connectivity index is 2.55. The third-order valence-electron chi connectivity index (χ3n) is 3.85. The summed E-state index contributed by atoms with van der Waals surface area (Å²) in [5.41, 5.74) is 0.600. The lowest BCUT2D eigenvalue weighted by atomic mass is 9.95. The van der Waals surface area contributed by atoms with Gasteiger partial charge in [0.25, 0.3) is 0 Å². The van der Waals surface area contributed by atoms with Crippen LogP contribution in [0.4, 0.5) is 0 Å². The lowest BCUT2D eigenvalue weighted by Crippen LogP contribution is -2.47. The van der Waals surface area contributed by atoms with E-state index in [2.05, 4.69) is 0 Å². The number of carbonyl (C=O) groups excluding carboxylic acids is 1. The van der Waals surface area contributed by atoms with Crippen molar-refractivity contribution < 1.29 is 18.4 Å². The van der Waals surface area contributed by atoms with Crippen LogP contribution >= 0.6 is 19.4 Å². The molecule has 0 amide bonds. The van der Waals surface area contributed by atoms with Gasteiger partial charge in [-0.15, -0.1) is 11.8 Å². The molecule has 2 unspecified atom stereocenters. The Morgan fingerprint density at radius 1 is 1.24 bits per heavy atom. The van der Waals surface area contributed by atoms with Gasteiger partial charge in [0.05, 0.1) is 13.2 Å². The molecule has 2 rings (SSSR count). The first-order chi connectivity index (χ1) is 9.90. The molecule has 0 saturated heterocycles. The third kappa shape index (κ3) is 2.61. The number of carbonyl (C=O) groups is 1. The Labute approximate surface area is 130 Å². The number of fused-ring (bicyclic) bond motifs is 1. The molecule has 1 aliphatic rings. The van der Waals surface area contributed by atoms with Crippen LogP contribution in [-0.4, -0.2) is 29.4 Å². The van der Waals surface area contributed by atoms with E-state index in [1.54, 1.807) is 38.6 Å². The van der Waals surface area contributed by atoms with Crippen molar-refractivity contribution in [1.29, 1.82) is 0 Å². The average molecular weight is 328 g/mol. The molecule has 1 aromatic rings. The first-order valence-corrected chi connectivity index (χ1v) is 9.52. The van der Waals surface area contributed by atoms with E-state index in [1.807, 2.05) is 25.1 Å². The second kappa shape index (κ2) is 6.25. The van der Waals surface area contributed by atoms with Gasteiger partial charge >= 0.3 is 7.60 Å². The van der Waals surface area contributed by atoms with Gasteiger partial charge < -0.3 is 9.05 Å². The van der Waals surface area contributed by atoms with E-state index in [0.717, 1.165) is 4.90 Å². The van der Waals surface area contributed by atoms with E-state index >= 15 is 0 Å². The zero-order valence-electron chi connectivity index (χ0n) is 12.8. The highest BCUT2D eigenvalue weighted by atomic mass is 32.2. The monoisotopic (exact) mass is 328 g/mol. The number of ketones is 1. The molecule has 0 saturated carbocycles. The van der Waals surface area contributed by atoms with Crippen LogP contribution in [0.25, 0.3) is 0 Å². The van der Waals surface area contributed by atoms with Gasteiger partial charge in [-0.25, -0.2) is 0 Å². The number of hydrogen-bond donors (Lipinski definition) is 0. The van der Waals surface area contributed by atoms with Gasteiger partial charge in [-0.1, -0.05) is 25.1 Å². The van der Waals surface area contributed by atoms with E-state index in [4.69, 9.17) is 9.05 Å². The van der Waals surface area contributed by atoms with Gasteiger partial charge in [0.15, 0.2) is 5.78 Å². The molecule has 116 valence electrons. The summed E-state index contributed by atoms with van der Waals surface area (Å²) in [6, 6.07) is 7.41. The highest BCUT2D eigenvalue weighted by Gasteiger charge is 2.59. The number of benzene rings is 1. The molecule has 1 aliphatic heterocycles.